The summed E-state index contributed by atoms with van der Waals surface area (Å²) in [7, 11) is 0. The molecule has 4 nitrogen and oxygen atoms in total. The molecule has 0 aliphatic heterocycles. The van der Waals surface area contributed by atoms with Crippen LogP contribution >= 0.6 is 11.8 Å². The maximum atomic E-state index is 13.2. The first-order valence-corrected chi connectivity index (χ1v) is 7.20. The van der Waals surface area contributed by atoms with Crippen LogP contribution in [0, 0.1) is 17.6 Å². The highest BCUT2D eigenvalue weighted by Crippen LogP contribution is 2.31. The van der Waals surface area contributed by atoms with Crippen LogP contribution in [0.5, 0.6) is 0 Å². The van der Waals surface area contributed by atoms with Crippen molar-refractivity contribution in [3.8, 4) is 0 Å². The number of nitrogens with zero attached hydrogens (tertiary/aromatic N) is 2. The molecule has 0 atom stereocenters. The maximum absolute atomic E-state index is 13.2. The predicted molar refractivity (Wildman–Crippen MR) is 77.0 cm³/mol. The van der Waals surface area contributed by atoms with Crippen LogP contribution in [0.15, 0.2) is 33.3 Å². The highest BCUT2D eigenvalue weighted by atomic mass is 32.2. The van der Waals surface area contributed by atoms with Gasteiger partial charge in [0.15, 0.2) is 5.82 Å². The van der Waals surface area contributed by atoms with Crippen LogP contribution < -0.4 is 0 Å². The number of aromatic amines is 1. The fraction of sp³-hybridized carbons (Fsp3) is 0.286. The van der Waals surface area contributed by atoms with E-state index in [1.165, 1.54) is 30.1 Å². The van der Waals surface area contributed by atoms with Crippen LogP contribution in [0.2, 0.25) is 0 Å². The number of rotatable bonds is 5. The molecular formula is C14H15F2N3OS. The van der Waals surface area contributed by atoms with E-state index in [0.29, 0.717) is 28.1 Å². The highest BCUT2D eigenvalue weighted by Gasteiger charge is 2.13. The van der Waals surface area contributed by atoms with Crippen LogP contribution in [-0.2, 0) is 6.42 Å². The van der Waals surface area contributed by atoms with Gasteiger partial charge in [-0.3, -0.25) is 0 Å². The third-order valence-corrected chi connectivity index (χ3v) is 3.61. The number of aromatic nitrogens is 2. The molecule has 1 aromatic heterocycles. The molecule has 2 aromatic rings. The van der Waals surface area contributed by atoms with Crippen molar-refractivity contribution in [2.45, 2.75) is 30.2 Å². The first kappa shape index (κ1) is 15.5. The lowest BCUT2D eigenvalue weighted by atomic mass is 10.1. The van der Waals surface area contributed by atoms with Crippen LogP contribution in [-0.4, -0.2) is 21.4 Å². The number of halogens is 2. The van der Waals surface area contributed by atoms with Crippen LogP contribution in [0.3, 0.4) is 0 Å². The van der Waals surface area contributed by atoms with E-state index in [2.05, 4.69) is 15.1 Å². The van der Waals surface area contributed by atoms with Gasteiger partial charge in [-0.1, -0.05) is 30.8 Å². The number of hydrogen-bond donors (Lipinski definition) is 2. The Balaban J connectivity index is 2.32. The summed E-state index contributed by atoms with van der Waals surface area (Å²) >= 11 is 1.19. The molecule has 0 bridgehead atoms. The minimum Gasteiger partial charge on any atom is -0.411 e. The van der Waals surface area contributed by atoms with E-state index in [1.807, 2.05) is 13.8 Å². The van der Waals surface area contributed by atoms with Gasteiger partial charge in [0.25, 0.3) is 0 Å². The fourth-order valence-electron chi connectivity index (χ4n) is 1.84. The normalized spacial score (nSPS) is 11.7. The second-order valence-corrected chi connectivity index (χ2v) is 6.03. The Kier molecular flexibility index (Phi) is 4.95. The number of H-pyrrole nitrogens is 1. The molecule has 112 valence electrons. The summed E-state index contributed by atoms with van der Waals surface area (Å²) in [6, 6.07) is 3.34. The average molecular weight is 311 g/mol. The van der Waals surface area contributed by atoms with Crippen molar-refractivity contribution in [2.24, 2.45) is 11.1 Å². The zero-order valence-electron chi connectivity index (χ0n) is 11.6. The zero-order chi connectivity index (χ0) is 15.4. The molecule has 21 heavy (non-hydrogen) atoms. The topological polar surface area (TPSA) is 61.3 Å². The van der Waals surface area contributed by atoms with Crippen molar-refractivity contribution >= 4 is 18.0 Å². The van der Waals surface area contributed by atoms with Crippen molar-refractivity contribution in [1.82, 2.24) is 9.97 Å². The summed E-state index contributed by atoms with van der Waals surface area (Å²) in [6.45, 7) is 4.09. The predicted octanol–water partition coefficient (Wildman–Crippen LogP) is 3.85. The van der Waals surface area contributed by atoms with Crippen molar-refractivity contribution < 1.29 is 14.0 Å². The van der Waals surface area contributed by atoms with Gasteiger partial charge in [0.2, 0.25) is 0 Å². The molecule has 7 heteroatoms. The van der Waals surface area contributed by atoms with Gasteiger partial charge in [0, 0.05) is 11.0 Å². The first-order chi connectivity index (χ1) is 9.97. The highest BCUT2D eigenvalue weighted by molar-refractivity contribution is 7.99. The van der Waals surface area contributed by atoms with E-state index < -0.39 is 11.6 Å². The van der Waals surface area contributed by atoms with Gasteiger partial charge in [0.05, 0.1) is 5.69 Å². The number of benzene rings is 1. The molecule has 0 amide bonds. The van der Waals surface area contributed by atoms with E-state index in [4.69, 9.17) is 5.21 Å². The number of hydrogen-bond acceptors (Lipinski definition) is 4. The minimum atomic E-state index is -0.625. The molecule has 1 aromatic carbocycles. The van der Waals surface area contributed by atoms with E-state index >= 15 is 0 Å². The smallest absolute Gasteiger partial charge is 0.153 e. The quantitative estimate of drug-likeness (QED) is 0.501. The summed E-state index contributed by atoms with van der Waals surface area (Å²) in [5.41, 5.74) is 0.773. The Bertz CT molecular complexity index is 635. The molecule has 1 heterocycles. The summed E-state index contributed by atoms with van der Waals surface area (Å²) in [6.07, 6.45) is 1.88. The molecule has 0 spiro atoms. The Hall–Kier alpha value is -1.89. The summed E-state index contributed by atoms with van der Waals surface area (Å²) in [5, 5.41) is 12.2. The second kappa shape index (κ2) is 6.71. The summed E-state index contributed by atoms with van der Waals surface area (Å²) < 4.78 is 26.5. The van der Waals surface area contributed by atoms with Crippen LogP contribution in [0.25, 0.3) is 0 Å². The van der Waals surface area contributed by atoms with Gasteiger partial charge in [-0.05, 0) is 24.5 Å². The second-order valence-electron chi connectivity index (χ2n) is 4.95. The minimum absolute atomic E-state index is 0.371. The molecule has 0 saturated carbocycles. The third-order valence-electron chi connectivity index (χ3n) is 2.60. The molecule has 2 rings (SSSR count). The van der Waals surface area contributed by atoms with Crippen LogP contribution in [0.1, 0.15) is 25.4 Å². The first-order valence-electron chi connectivity index (χ1n) is 6.38. The Labute approximate surface area is 125 Å². The van der Waals surface area contributed by atoms with E-state index in [-0.39, 0.29) is 0 Å². The standard InChI is InChI=1S/C14H15F2N3OS/c1-8(2)3-12-14(19-13(18-12)7-17-20)21-11-5-9(15)4-10(16)6-11/h4-8,20H,3H2,1-2H3,(H,18,19)/b17-7+. The van der Waals surface area contributed by atoms with Gasteiger partial charge in [-0.2, -0.15) is 0 Å². The maximum Gasteiger partial charge on any atom is 0.153 e. The Morgan fingerprint density at radius 1 is 1.33 bits per heavy atom. The van der Waals surface area contributed by atoms with Crippen molar-refractivity contribution in [3.63, 3.8) is 0 Å². The van der Waals surface area contributed by atoms with Gasteiger partial charge < -0.3 is 10.2 Å². The molecule has 0 aliphatic rings. The Morgan fingerprint density at radius 3 is 2.57 bits per heavy atom. The zero-order valence-corrected chi connectivity index (χ0v) is 12.4. The lowest BCUT2D eigenvalue weighted by Gasteiger charge is -2.05. The number of imidazole rings is 1. The van der Waals surface area contributed by atoms with Crippen molar-refractivity contribution in [3.05, 3.63) is 41.4 Å². The van der Waals surface area contributed by atoms with Crippen molar-refractivity contribution in [1.29, 1.82) is 0 Å². The van der Waals surface area contributed by atoms with Gasteiger partial charge in [0.1, 0.15) is 22.9 Å². The van der Waals surface area contributed by atoms with E-state index in [0.717, 1.165) is 11.8 Å². The van der Waals surface area contributed by atoms with Gasteiger partial charge in [-0.15, -0.1) is 0 Å². The third kappa shape index (κ3) is 4.29. The number of nitrogens with one attached hydrogen (secondary N) is 1. The molecule has 0 saturated heterocycles. The lowest BCUT2D eigenvalue weighted by Crippen LogP contribution is -1.96. The van der Waals surface area contributed by atoms with Crippen LogP contribution in [0.4, 0.5) is 8.78 Å². The molecule has 0 fully saturated rings. The average Bonchev–Trinajstić information content (AvgIpc) is 2.69. The largest absolute Gasteiger partial charge is 0.411 e. The summed E-state index contributed by atoms with van der Waals surface area (Å²) in [5.74, 6) is -0.484. The van der Waals surface area contributed by atoms with Crippen molar-refractivity contribution in [2.75, 3.05) is 0 Å². The SMILES string of the molecule is CC(C)Cc1nc(/C=N/O)[nH]c1Sc1cc(F)cc(F)c1. The molecular weight excluding hydrogens is 296 g/mol. The fourth-order valence-corrected chi connectivity index (χ4v) is 2.82. The monoisotopic (exact) mass is 311 g/mol. The molecule has 2 N–H and O–H groups in total. The van der Waals surface area contributed by atoms with E-state index in [1.54, 1.807) is 0 Å². The molecule has 0 radical (unpaired) electrons. The van der Waals surface area contributed by atoms with Gasteiger partial charge in [-0.25, -0.2) is 13.8 Å². The van der Waals surface area contributed by atoms with E-state index in [9.17, 15) is 8.78 Å². The van der Waals surface area contributed by atoms with Gasteiger partial charge >= 0.3 is 0 Å². The molecule has 0 aliphatic carbocycles. The number of oxime groups is 1. The Morgan fingerprint density at radius 2 is 2.00 bits per heavy atom. The summed E-state index contributed by atoms with van der Waals surface area (Å²) in [4.78, 5) is 7.72. The molecule has 0 unspecified atom stereocenters. The lowest BCUT2D eigenvalue weighted by molar-refractivity contribution is 0.321.